The van der Waals surface area contributed by atoms with Crippen LogP contribution in [0.25, 0.3) is 0 Å². The Labute approximate surface area is 240 Å². The molecule has 0 bridgehead atoms. The van der Waals surface area contributed by atoms with Gasteiger partial charge in [0.25, 0.3) is 5.91 Å². The number of hydrogen-bond donors (Lipinski definition) is 2. The second kappa shape index (κ2) is 12.1. The number of para-hydroxylation sites is 1. The Hall–Kier alpha value is -4.27. The number of likely N-dealkylation sites (tertiary alicyclic amines) is 1. The zero-order chi connectivity index (χ0) is 29.0. The number of amides is 3. The first-order chi connectivity index (χ1) is 19.9. The maximum atomic E-state index is 14.0. The van der Waals surface area contributed by atoms with Crippen molar-refractivity contribution in [2.24, 2.45) is 5.92 Å². The number of carbonyl (C=O) groups excluding carboxylic acids is 3. The van der Waals surface area contributed by atoms with Crippen LogP contribution in [-0.4, -0.2) is 52.5 Å². The summed E-state index contributed by atoms with van der Waals surface area (Å²) in [5.74, 6) is -1.23. The summed E-state index contributed by atoms with van der Waals surface area (Å²) in [6.07, 6.45) is 5.86. The predicted molar refractivity (Wildman–Crippen MR) is 157 cm³/mol. The smallest absolute Gasteiger partial charge is 0.264 e. The van der Waals surface area contributed by atoms with Crippen molar-refractivity contribution in [2.45, 2.75) is 44.4 Å². The van der Waals surface area contributed by atoms with E-state index in [0.29, 0.717) is 35.6 Å². The fourth-order valence-corrected chi connectivity index (χ4v) is 5.85. The first-order valence-corrected chi connectivity index (χ1v) is 14.0. The molecule has 0 radical (unpaired) electrons. The predicted octanol–water partition coefficient (Wildman–Crippen LogP) is 4.28. The average molecular weight is 554 g/mol. The van der Waals surface area contributed by atoms with Gasteiger partial charge in [-0.25, -0.2) is 0 Å². The molecule has 1 fully saturated rings. The number of benzene rings is 3. The van der Waals surface area contributed by atoms with Crippen LogP contribution in [0.15, 0.2) is 91.0 Å². The Balaban J connectivity index is 1.47. The first kappa shape index (κ1) is 28.3. The average Bonchev–Trinajstić information content (AvgIpc) is 3.57. The van der Waals surface area contributed by atoms with Crippen LogP contribution in [0.4, 0.5) is 17.1 Å². The molecule has 3 aromatic carbocycles. The molecule has 3 aromatic rings. The quantitative estimate of drug-likeness (QED) is 0.288. The summed E-state index contributed by atoms with van der Waals surface area (Å²) in [7, 11) is 0. The number of nitrogens with zero attached hydrogens (tertiary/aromatic N) is 3. The highest BCUT2D eigenvalue weighted by Gasteiger charge is 2.52. The minimum atomic E-state index is -1.91. The summed E-state index contributed by atoms with van der Waals surface area (Å²) in [6, 6.07) is 23.8. The highest BCUT2D eigenvalue weighted by Crippen LogP contribution is 2.47. The minimum Gasteiger partial charge on any atom is -0.394 e. The van der Waals surface area contributed by atoms with Crippen molar-refractivity contribution in [3.05, 3.63) is 102 Å². The van der Waals surface area contributed by atoms with Gasteiger partial charge in [0.2, 0.25) is 12.3 Å². The largest absolute Gasteiger partial charge is 0.394 e. The first-order valence-electron chi connectivity index (χ1n) is 14.0. The van der Waals surface area contributed by atoms with E-state index in [4.69, 9.17) is 0 Å². The SMILES string of the molecule is C[C@@H](/C=C/CC(=O)N1CCC[C@H]1CO)[C@]1(O)C(=O)N(Cc2ccccc2)c2ccc(N(C=O)c3ccccc3)cc21. The standard InChI is InChI=1S/C33H35N3O5/c1-24(10-8-16-31(39)34-19-9-15-28(34)22-37)33(41)29-20-27(36(23-38)26-13-6-3-7-14-26)17-18-30(29)35(32(33)40)21-25-11-4-2-5-12-25/h2-8,10-14,17-18,20,23-24,28,37,41H,9,15-16,19,21-22H2,1H3/b10-8+/t24-,28-,33+/m0/s1. The van der Waals surface area contributed by atoms with Gasteiger partial charge in [-0.1, -0.05) is 67.6 Å². The molecule has 41 heavy (non-hydrogen) atoms. The fraction of sp³-hybridized carbons (Fsp3) is 0.303. The van der Waals surface area contributed by atoms with Gasteiger partial charge in [0, 0.05) is 35.8 Å². The Morgan fingerprint density at radius 3 is 2.46 bits per heavy atom. The minimum absolute atomic E-state index is 0.0583. The highest BCUT2D eigenvalue weighted by molar-refractivity contribution is 6.08. The van der Waals surface area contributed by atoms with E-state index in [9.17, 15) is 24.6 Å². The van der Waals surface area contributed by atoms with Gasteiger partial charge in [0.1, 0.15) is 0 Å². The van der Waals surface area contributed by atoms with Crippen LogP contribution in [0, 0.1) is 5.92 Å². The van der Waals surface area contributed by atoms with E-state index in [1.54, 1.807) is 47.1 Å². The second-order valence-corrected chi connectivity index (χ2v) is 10.6. The van der Waals surface area contributed by atoms with Gasteiger partial charge in [-0.3, -0.25) is 19.3 Å². The summed E-state index contributed by atoms with van der Waals surface area (Å²) in [5, 5.41) is 21.7. The van der Waals surface area contributed by atoms with Gasteiger partial charge in [0.05, 0.1) is 24.9 Å². The van der Waals surface area contributed by atoms with Crippen LogP contribution in [-0.2, 0) is 26.5 Å². The molecule has 3 atom stereocenters. The Kier molecular flexibility index (Phi) is 8.33. The topological polar surface area (TPSA) is 101 Å². The van der Waals surface area contributed by atoms with Crippen molar-refractivity contribution >= 4 is 35.3 Å². The van der Waals surface area contributed by atoms with E-state index in [0.717, 1.165) is 18.4 Å². The van der Waals surface area contributed by atoms with E-state index in [1.807, 2.05) is 60.7 Å². The van der Waals surface area contributed by atoms with Crippen LogP contribution < -0.4 is 9.80 Å². The van der Waals surface area contributed by atoms with Crippen LogP contribution in [0.1, 0.15) is 37.3 Å². The molecule has 8 heteroatoms. The van der Waals surface area contributed by atoms with Crippen molar-refractivity contribution < 1.29 is 24.6 Å². The number of rotatable bonds is 10. The summed E-state index contributed by atoms with van der Waals surface area (Å²) in [6.45, 7) is 2.59. The summed E-state index contributed by atoms with van der Waals surface area (Å²) < 4.78 is 0. The van der Waals surface area contributed by atoms with Crippen molar-refractivity contribution in [3.63, 3.8) is 0 Å². The van der Waals surface area contributed by atoms with Gasteiger partial charge in [-0.15, -0.1) is 0 Å². The Morgan fingerprint density at radius 1 is 1.07 bits per heavy atom. The molecule has 1 saturated heterocycles. The summed E-state index contributed by atoms with van der Waals surface area (Å²) in [5.41, 5.74) is 1.16. The molecule has 2 N–H and O–H groups in total. The van der Waals surface area contributed by atoms with Crippen LogP contribution in [0.5, 0.6) is 0 Å². The van der Waals surface area contributed by atoms with Crippen molar-refractivity contribution in [3.8, 4) is 0 Å². The number of hydrogen-bond acceptors (Lipinski definition) is 5. The Morgan fingerprint density at radius 2 is 1.78 bits per heavy atom. The van der Waals surface area contributed by atoms with Crippen LogP contribution in [0.3, 0.4) is 0 Å². The van der Waals surface area contributed by atoms with E-state index in [1.165, 1.54) is 4.90 Å². The van der Waals surface area contributed by atoms with E-state index in [-0.39, 0.29) is 31.5 Å². The third kappa shape index (κ3) is 5.40. The summed E-state index contributed by atoms with van der Waals surface area (Å²) in [4.78, 5) is 43.7. The van der Waals surface area contributed by atoms with Crippen LogP contribution in [0.2, 0.25) is 0 Å². The number of aliphatic hydroxyl groups excluding tert-OH is 1. The molecule has 8 nitrogen and oxygen atoms in total. The normalized spacial score (nSPS) is 20.9. The molecule has 0 saturated carbocycles. The van der Waals surface area contributed by atoms with Crippen LogP contribution >= 0.6 is 0 Å². The number of anilines is 3. The zero-order valence-electron chi connectivity index (χ0n) is 23.1. The molecule has 0 aliphatic carbocycles. The van der Waals surface area contributed by atoms with Gasteiger partial charge >= 0.3 is 0 Å². The molecular weight excluding hydrogens is 518 g/mol. The number of carbonyl (C=O) groups is 3. The maximum Gasteiger partial charge on any atom is 0.264 e. The van der Waals surface area contributed by atoms with Gasteiger partial charge in [-0.2, -0.15) is 0 Å². The van der Waals surface area contributed by atoms with Gasteiger partial charge in [0.15, 0.2) is 5.60 Å². The highest BCUT2D eigenvalue weighted by atomic mass is 16.3. The number of aliphatic hydroxyl groups is 2. The molecular formula is C33H35N3O5. The lowest BCUT2D eigenvalue weighted by atomic mass is 9.82. The third-order valence-corrected chi connectivity index (χ3v) is 8.14. The molecule has 2 aliphatic heterocycles. The van der Waals surface area contributed by atoms with E-state index in [2.05, 4.69) is 0 Å². The van der Waals surface area contributed by atoms with Crippen molar-refractivity contribution in [1.82, 2.24) is 4.90 Å². The molecule has 2 heterocycles. The van der Waals surface area contributed by atoms with Gasteiger partial charge < -0.3 is 20.0 Å². The van der Waals surface area contributed by atoms with Crippen molar-refractivity contribution in [1.29, 1.82) is 0 Å². The zero-order valence-corrected chi connectivity index (χ0v) is 23.1. The fourth-order valence-electron chi connectivity index (χ4n) is 5.85. The lowest BCUT2D eigenvalue weighted by molar-refractivity contribution is -0.139. The van der Waals surface area contributed by atoms with E-state index >= 15 is 0 Å². The lowest BCUT2D eigenvalue weighted by Crippen LogP contribution is -2.44. The Bertz CT molecular complexity index is 1430. The monoisotopic (exact) mass is 553 g/mol. The number of fused-ring (bicyclic) bond motifs is 1. The van der Waals surface area contributed by atoms with Crippen molar-refractivity contribution in [2.75, 3.05) is 23.0 Å². The third-order valence-electron chi connectivity index (χ3n) is 8.14. The lowest BCUT2D eigenvalue weighted by Gasteiger charge is -2.28. The molecule has 3 amide bonds. The molecule has 0 unspecified atom stereocenters. The van der Waals surface area contributed by atoms with E-state index < -0.39 is 17.4 Å². The molecule has 0 aromatic heterocycles. The molecule has 2 aliphatic rings. The molecule has 0 spiro atoms. The maximum absolute atomic E-state index is 14.0. The second-order valence-electron chi connectivity index (χ2n) is 10.6. The van der Waals surface area contributed by atoms with Gasteiger partial charge in [-0.05, 0) is 48.7 Å². The summed E-state index contributed by atoms with van der Waals surface area (Å²) >= 11 is 0. The molecule has 212 valence electrons. The molecule has 5 rings (SSSR count).